The molecule has 10 nitrogen and oxygen atoms in total. The van der Waals surface area contributed by atoms with Crippen LogP contribution in [0, 0.1) is 0 Å². The topological polar surface area (TPSA) is 93.1 Å². The van der Waals surface area contributed by atoms with Crippen LogP contribution in [-0.2, 0) is 4.79 Å². The first-order valence-electron chi connectivity index (χ1n) is 13.6. The van der Waals surface area contributed by atoms with Crippen molar-refractivity contribution in [2.24, 2.45) is 4.99 Å². The number of likely N-dealkylation sites (N-methyl/N-ethyl adjacent to an activating group) is 1. The minimum Gasteiger partial charge on any atom is -0.493 e. The quantitative estimate of drug-likeness (QED) is 0.351. The number of piperazine rings is 1. The third-order valence-electron chi connectivity index (χ3n) is 7.48. The number of nitrogens with zero attached hydrogens (tertiary/aromatic N) is 4. The van der Waals surface area contributed by atoms with Crippen LogP contribution in [0.1, 0.15) is 28.8 Å². The molecule has 0 aliphatic carbocycles. The zero-order valence-corrected chi connectivity index (χ0v) is 23.3. The largest absolute Gasteiger partial charge is 0.493 e. The molecule has 0 N–H and O–H groups in total. The average molecular weight is 549 g/mol. The Balaban J connectivity index is 1.18. The number of benzene rings is 2. The summed E-state index contributed by atoms with van der Waals surface area (Å²) in [5, 5.41) is 0. The summed E-state index contributed by atoms with van der Waals surface area (Å²) in [4.78, 5) is 36.1. The summed E-state index contributed by atoms with van der Waals surface area (Å²) in [6.07, 6.45) is 7.15. The van der Waals surface area contributed by atoms with E-state index in [2.05, 4.69) is 16.9 Å². The van der Waals surface area contributed by atoms with Crippen LogP contribution in [0.4, 0.5) is 5.69 Å². The number of aliphatic imine (C=N–C) groups is 1. The van der Waals surface area contributed by atoms with Crippen molar-refractivity contribution in [2.45, 2.75) is 18.9 Å². The maximum Gasteiger partial charge on any atom is 0.256 e. The summed E-state index contributed by atoms with van der Waals surface area (Å²) >= 11 is 0. The fraction of sp³-hybridized carbons (Fsp3) is 0.433. The van der Waals surface area contributed by atoms with Gasteiger partial charge in [0.25, 0.3) is 5.91 Å². The molecule has 2 saturated heterocycles. The predicted octanol–water partition coefficient (Wildman–Crippen LogP) is 3.27. The minimum absolute atomic E-state index is 0.00758. The fourth-order valence-corrected chi connectivity index (χ4v) is 5.13. The van der Waals surface area contributed by atoms with Crippen molar-refractivity contribution in [2.75, 3.05) is 67.2 Å². The maximum absolute atomic E-state index is 13.0. The number of fused-ring (bicyclic) bond motifs is 2. The van der Waals surface area contributed by atoms with Gasteiger partial charge in [0.1, 0.15) is 13.2 Å². The van der Waals surface area contributed by atoms with E-state index in [4.69, 9.17) is 18.9 Å². The van der Waals surface area contributed by atoms with Gasteiger partial charge >= 0.3 is 0 Å². The number of hydrogen-bond acceptors (Lipinski definition) is 8. The molecule has 0 aromatic heterocycles. The molecule has 2 amide bonds. The average Bonchev–Trinajstić information content (AvgIpc) is 3.41. The third kappa shape index (κ3) is 6.07. The van der Waals surface area contributed by atoms with Crippen molar-refractivity contribution >= 4 is 29.8 Å². The van der Waals surface area contributed by atoms with Crippen molar-refractivity contribution < 1.29 is 28.5 Å². The van der Waals surface area contributed by atoms with E-state index in [-0.39, 0.29) is 31.1 Å². The van der Waals surface area contributed by atoms with Crippen molar-refractivity contribution in [3.8, 4) is 23.0 Å². The number of ether oxygens (including phenoxy) is 4. The maximum atomic E-state index is 13.0. The normalized spacial score (nSPS) is 18.9. The van der Waals surface area contributed by atoms with E-state index in [1.807, 2.05) is 34.2 Å². The number of carbonyl (C=O) groups excluding carboxylic acids is 2. The van der Waals surface area contributed by atoms with Crippen LogP contribution in [0.25, 0.3) is 6.08 Å². The Labute approximate surface area is 234 Å². The van der Waals surface area contributed by atoms with Gasteiger partial charge in [0.2, 0.25) is 5.91 Å². The molecule has 3 heterocycles. The molecule has 0 radical (unpaired) electrons. The van der Waals surface area contributed by atoms with Crippen LogP contribution < -0.4 is 18.9 Å². The second kappa shape index (κ2) is 12.4. The molecule has 0 saturated carbocycles. The number of carbonyl (C=O) groups is 2. The van der Waals surface area contributed by atoms with Crippen LogP contribution in [0.3, 0.4) is 0 Å². The Hall–Kier alpha value is -4.05. The Bertz CT molecular complexity index is 1300. The van der Waals surface area contributed by atoms with Crippen molar-refractivity contribution in [1.29, 1.82) is 0 Å². The monoisotopic (exact) mass is 548 g/mol. The molecule has 1 atom stereocenters. The van der Waals surface area contributed by atoms with Crippen LogP contribution in [0.5, 0.6) is 23.0 Å². The smallest absolute Gasteiger partial charge is 0.256 e. The fourth-order valence-electron chi connectivity index (χ4n) is 5.13. The van der Waals surface area contributed by atoms with Gasteiger partial charge in [0.15, 0.2) is 23.0 Å². The van der Waals surface area contributed by atoms with Gasteiger partial charge in [-0.1, -0.05) is 6.07 Å². The SMILES string of the molecule is COc1cc(/C=C/C(=O)N2CCN(C)CC2)ccc1OCCOc1cc2c(cc1OC)C(=O)N1CCC[C@H]1C=N2. The summed E-state index contributed by atoms with van der Waals surface area (Å²) in [7, 11) is 5.19. The minimum atomic E-state index is -0.0303. The Morgan fingerprint density at radius 3 is 2.42 bits per heavy atom. The molecule has 0 bridgehead atoms. The first-order valence-corrected chi connectivity index (χ1v) is 13.6. The number of methoxy groups -OCH3 is 2. The Morgan fingerprint density at radius 1 is 0.950 bits per heavy atom. The molecule has 0 spiro atoms. The molecule has 2 aromatic carbocycles. The van der Waals surface area contributed by atoms with Gasteiger partial charge in [0.05, 0.1) is 31.5 Å². The zero-order chi connectivity index (χ0) is 28.1. The number of amides is 2. The molecular formula is C30H36N4O6. The lowest BCUT2D eigenvalue weighted by Crippen LogP contribution is -2.46. The summed E-state index contributed by atoms with van der Waals surface area (Å²) in [5.41, 5.74) is 1.94. The summed E-state index contributed by atoms with van der Waals surface area (Å²) in [5.74, 6) is 2.07. The highest BCUT2D eigenvalue weighted by atomic mass is 16.5. The lowest BCUT2D eigenvalue weighted by molar-refractivity contribution is -0.127. The van der Waals surface area contributed by atoms with Gasteiger partial charge in [-0.25, -0.2) is 0 Å². The standard InChI is InChI=1S/C30H36N4O6/c1-32-11-13-33(14-12-32)29(35)9-7-21-6-8-25(26(17-21)37-2)39-15-16-40-28-19-24-23(18-27(28)38-3)30(36)34-10-4-5-22(34)20-31-24/h6-9,17-20,22H,4-5,10-16H2,1-3H3/b9-7+/t22-/m0/s1. The molecule has 3 aliphatic heterocycles. The molecule has 40 heavy (non-hydrogen) atoms. The highest BCUT2D eigenvalue weighted by Gasteiger charge is 2.32. The van der Waals surface area contributed by atoms with Gasteiger partial charge < -0.3 is 33.6 Å². The highest BCUT2D eigenvalue weighted by Crippen LogP contribution is 2.38. The summed E-state index contributed by atoms with van der Waals surface area (Å²) in [6, 6.07) is 9.01. The molecule has 2 aromatic rings. The lowest BCUT2D eigenvalue weighted by Gasteiger charge is -2.31. The molecule has 212 valence electrons. The third-order valence-corrected chi connectivity index (χ3v) is 7.48. The molecular weight excluding hydrogens is 512 g/mol. The first-order chi connectivity index (χ1) is 19.5. The van der Waals surface area contributed by atoms with E-state index < -0.39 is 0 Å². The van der Waals surface area contributed by atoms with Crippen LogP contribution in [-0.4, -0.2) is 106 Å². The van der Waals surface area contributed by atoms with Gasteiger partial charge in [-0.15, -0.1) is 0 Å². The van der Waals surface area contributed by atoms with Gasteiger partial charge in [-0.05, 0) is 49.7 Å². The van der Waals surface area contributed by atoms with Gasteiger partial charge in [-0.2, -0.15) is 0 Å². The molecule has 0 unspecified atom stereocenters. The van der Waals surface area contributed by atoms with Crippen LogP contribution in [0.15, 0.2) is 41.4 Å². The van der Waals surface area contributed by atoms with E-state index >= 15 is 0 Å². The van der Waals surface area contributed by atoms with Gasteiger partial charge in [0, 0.05) is 51.1 Å². The molecule has 10 heteroatoms. The molecule has 5 rings (SSSR count). The Morgan fingerprint density at radius 2 is 1.68 bits per heavy atom. The van der Waals surface area contributed by atoms with Gasteiger partial charge in [-0.3, -0.25) is 14.6 Å². The van der Waals surface area contributed by atoms with Crippen LogP contribution in [0.2, 0.25) is 0 Å². The second-order valence-corrected chi connectivity index (χ2v) is 10.1. The first kappa shape index (κ1) is 27.5. The van der Waals surface area contributed by atoms with E-state index in [1.165, 1.54) is 0 Å². The predicted molar refractivity (Wildman–Crippen MR) is 152 cm³/mol. The summed E-state index contributed by atoms with van der Waals surface area (Å²) < 4.78 is 22.9. The number of hydrogen-bond donors (Lipinski definition) is 0. The van der Waals surface area contributed by atoms with Crippen molar-refractivity contribution in [1.82, 2.24) is 14.7 Å². The van der Waals surface area contributed by atoms with E-state index in [1.54, 1.807) is 38.5 Å². The summed E-state index contributed by atoms with van der Waals surface area (Å²) in [6.45, 7) is 4.48. The highest BCUT2D eigenvalue weighted by molar-refractivity contribution is 6.03. The van der Waals surface area contributed by atoms with E-state index in [0.717, 1.165) is 51.1 Å². The Kier molecular flexibility index (Phi) is 8.54. The zero-order valence-electron chi connectivity index (χ0n) is 23.3. The molecule has 2 fully saturated rings. The number of rotatable bonds is 9. The lowest BCUT2D eigenvalue weighted by atomic mass is 10.1. The van der Waals surface area contributed by atoms with Crippen molar-refractivity contribution in [3.05, 3.63) is 47.5 Å². The van der Waals surface area contributed by atoms with E-state index in [9.17, 15) is 9.59 Å². The van der Waals surface area contributed by atoms with Crippen molar-refractivity contribution in [3.63, 3.8) is 0 Å². The van der Waals surface area contributed by atoms with E-state index in [0.29, 0.717) is 34.2 Å². The van der Waals surface area contributed by atoms with Crippen LogP contribution >= 0.6 is 0 Å². The molecule has 3 aliphatic rings. The second-order valence-electron chi connectivity index (χ2n) is 10.1.